The van der Waals surface area contributed by atoms with Crippen molar-refractivity contribution in [3.63, 3.8) is 0 Å². The topological polar surface area (TPSA) is 34.1 Å². The van der Waals surface area contributed by atoms with Crippen molar-refractivity contribution in [3.05, 3.63) is 29.6 Å². The van der Waals surface area contributed by atoms with Gasteiger partial charge in [-0.05, 0) is 24.6 Å². The highest BCUT2D eigenvalue weighted by Gasteiger charge is 1.94. The fourth-order valence-corrected chi connectivity index (χ4v) is 1.20. The normalized spacial score (nSPS) is 10.4. The van der Waals surface area contributed by atoms with Gasteiger partial charge in [0.15, 0.2) is 0 Å². The third-order valence-corrected chi connectivity index (χ3v) is 1.93. The molecular formula is C11H18N2O. The molecule has 0 radical (unpaired) electrons. The Kier molecular flexibility index (Phi) is 5.19. The number of aromatic nitrogens is 1. The summed E-state index contributed by atoms with van der Waals surface area (Å²) < 4.78 is 4.99. The van der Waals surface area contributed by atoms with Crippen molar-refractivity contribution in [2.24, 2.45) is 0 Å². The highest BCUT2D eigenvalue weighted by Crippen LogP contribution is 2.00. The van der Waals surface area contributed by atoms with E-state index in [1.54, 1.807) is 7.11 Å². The summed E-state index contributed by atoms with van der Waals surface area (Å²) in [7, 11) is 1.68. The van der Waals surface area contributed by atoms with Crippen molar-refractivity contribution in [1.82, 2.24) is 10.3 Å². The zero-order valence-corrected chi connectivity index (χ0v) is 8.92. The summed E-state index contributed by atoms with van der Waals surface area (Å²) in [5.41, 5.74) is 2.20. The lowest BCUT2D eigenvalue weighted by atomic mass is 10.2. The molecule has 0 aliphatic carbocycles. The van der Waals surface area contributed by atoms with Crippen molar-refractivity contribution < 1.29 is 4.74 Å². The first kappa shape index (κ1) is 11.1. The summed E-state index contributed by atoms with van der Waals surface area (Å²) in [6, 6.07) is 4.09. The standard InChI is InChI=1S/C11H18N2O/c1-3-6-12-7-10-4-5-11(9-14-2)13-8-10/h4-5,8,12H,3,6-7,9H2,1-2H3. The number of nitrogens with zero attached hydrogens (tertiary/aromatic N) is 1. The van der Waals surface area contributed by atoms with Crippen LogP contribution in [0.2, 0.25) is 0 Å². The smallest absolute Gasteiger partial charge is 0.0884 e. The van der Waals surface area contributed by atoms with E-state index in [-0.39, 0.29) is 0 Å². The highest BCUT2D eigenvalue weighted by molar-refractivity contribution is 5.13. The SMILES string of the molecule is CCCNCc1ccc(COC)nc1. The van der Waals surface area contributed by atoms with Crippen LogP contribution in [0.3, 0.4) is 0 Å². The van der Waals surface area contributed by atoms with Gasteiger partial charge < -0.3 is 10.1 Å². The van der Waals surface area contributed by atoms with Gasteiger partial charge in [0.2, 0.25) is 0 Å². The van der Waals surface area contributed by atoms with Gasteiger partial charge in [0, 0.05) is 19.9 Å². The molecule has 0 atom stereocenters. The molecule has 0 amide bonds. The first-order valence-electron chi connectivity index (χ1n) is 5.00. The van der Waals surface area contributed by atoms with Gasteiger partial charge in [-0.25, -0.2) is 0 Å². The maximum absolute atomic E-state index is 4.99. The van der Waals surface area contributed by atoms with Gasteiger partial charge in [-0.3, -0.25) is 4.98 Å². The fourth-order valence-electron chi connectivity index (χ4n) is 1.20. The predicted octanol–water partition coefficient (Wildman–Crippen LogP) is 1.73. The summed E-state index contributed by atoms with van der Waals surface area (Å²) in [6.45, 7) is 4.70. The van der Waals surface area contributed by atoms with E-state index in [0.29, 0.717) is 6.61 Å². The first-order chi connectivity index (χ1) is 6.86. The summed E-state index contributed by atoms with van der Waals surface area (Å²) in [5.74, 6) is 0. The van der Waals surface area contributed by atoms with Gasteiger partial charge in [-0.1, -0.05) is 13.0 Å². The van der Waals surface area contributed by atoms with Crippen molar-refractivity contribution in [2.75, 3.05) is 13.7 Å². The number of hydrogen-bond donors (Lipinski definition) is 1. The Balaban J connectivity index is 2.38. The second kappa shape index (κ2) is 6.51. The molecule has 1 N–H and O–H groups in total. The van der Waals surface area contributed by atoms with E-state index in [1.807, 2.05) is 12.3 Å². The molecule has 14 heavy (non-hydrogen) atoms. The van der Waals surface area contributed by atoms with Crippen LogP contribution in [0.15, 0.2) is 18.3 Å². The van der Waals surface area contributed by atoms with Crippen LogP contribution in [0.5, 0.6) is 0 Å². The van der Waals surface area contributed by atoms with Crippen molar-refractivity contribution in [2.45, 2.75) is 26.5 Å². The first-order valence-corrected chi connectivity index (χ1v) is 5.00. The van der Waals surface area contributed by atoms with Gasteiger partial charge in [0.05, 0.1) is 12.3 Å². The van der Waals surface area contributed by atoms with Crippen molar-refractivity contribution in [3.8, 4) is 0 Å². The number of rotatable bonds is 6. The third-order valence-electron chi connectivity index (χ3n) is 1.93. The van der Waals surface area contributed by atoms with Crippen LogP contribution in [-0.2, 0) is 17.9 Å². The molecule has 0 unspecified atom stereocenters. The van der Waals surface area contributed by atoms with Gasteiger partial charge >= 0.3 is 0 Å². The van der Waals surface area contributed by atoms with E-state index < -0.39 is 0 Å². The number of hydrogen-bond acceptors (Lipinski definition) is 3. The second-order valence-corrected chi connectivity index (χ2v) is 3.27. The zero-order valence-electron chi connectivity index (χ0n) is 8.92. The van der Waals surface area contributed by atoms with Crippen molar-refractivity contribution in [1.29, 1.82) is 0 Å². The molecule has 0 aliphatic heterocycles. The Bertz CT molecular complexity index is 246. The Hall–Kier alpha value is -0.930. The van der Waals surface area contributed by atoms with E-state index >= 15 is 0 Å². The van der Waals surface area contributed by atoms with Crippen LogP contribution in [0.4, 0.5) is 0 Å². The number of pyridine rings is 1. The minimum absolute atomic E-state index is 0.586. The Labute approximate surface area is 85.5 Å². The molecule has 3 nitrogen and oxygen atoms in total. The molecule has 1 rings (SSSR count). The molecule has 0 bridgehead atoms. The minimum Gasteiger partial charge on any atom is -0.378 e. The summed E-state index contributed by atoms with van der Waals surface area (Å²) >= 11 is 0. The number of nitrogens with one attached hydrogen (secondary N) is 1. The van der Waals surface area contributed by atoms with Crippen LogP contribution in [0.25, 0.3) is 0 Å². The Morgan fingerprint density at radius 2 is 2.29 bits per heavy atom. The molecule has 78 valence electrons. The molecule has 3 heteroatoms. The lowest BCUT2D eigenvalue weighted by Crippen LogP contribution is -2.13. The lowest BCUT2D eigenvalue weighted by molar-refractivity contribution is 0.181. The Morgan fingerprint density at radius 3 is 2.86 bits per heavy atom. The highest BCUT2D eigenvalue weighted by atomic mass is 16.5. The maximum Gasteiger partial charge on any atom is 0.0884 e. The molecule has 0 saturated carbocycles. The molecule has 1 aromatic heterocycles. The summed E-state index contributed by atoms with van der Waals surface area (Å²) in [6.07, 6.45) is 3.06. The van der Waals surface area contributed by atoms with Gasteiger partial charge in [0.1, 0.15) is 0 Å². The van der Waals surface area contributed by atoms with Crippen LogP contribution in [0.1, 0.15) is 24.6 Å². The van der Waals surface area contributed by atoms with E-state index in [2.05, 4.69) is 23.3 Å². The van der Waals surface area contributed by atoms with E-state index in [9.17, 15) is 0 Å². The molecule has 0 aliphatic rings. The molecule has 1 heterocycles. The predicted molar refractivity (Wildman–Crippen MR) is 56.9 cm³/mol. The largest absolute Gasteiger partial charge is 0.378 e. The third kappa shape index (κ3) is 3.85. The fraction of sp³-hybridized carbons (Fsp3) is 0.545. The lowest BCUT2D eigenvalue weighted by Gasteiger charge is -2.03. The molecule has 0 spiro atoms. The summed E-state index contributed by atoms with van der Waals surface area (Å²) in [5, 5.41) is 3.33. The zero-order chi connectivity index (χ0) is 10.2. The second-order valence-electron chi connectivity index (χ2n) is 3.27. The molecule has 0 aromatic carbocycles. The van der Waals surface area contributed by atoms with Crippen LogP contribution >= 0.6 is 0 Å². The van der Waals surface area contributed by atoms with Crippen LogP contribution in [-0.4, -0.2) is 18.6 Å². The van der Waals surface area contributed by atoms with E-state index in [1.165, 1.54) is 5.56 Å². The molecular weight excluding hydrogens is 176 g/mol. The number of methoxy groups -OCH3 is 1. The van der Waals surface area contributed by atoms with Gasteiger partial charge in [-0.15, -0.1) is 0 Å². The van der Waals surface area contributed by atoms with Crippen LogP contribution < -0.4 is 5.32 Å². The molecule has 0 fully saturated rings. The maximum atomic E-state index is 4.99. The van der Waals surface area contributed by atoms with Gasteiger partial charge in [0.25, 0.3) is 0 Å². The van der Waals surface area contributed by atoms with Crippen LogP contribution in [0, 0.1) is 0 Å². The average molecular weight is 194 g/mol. The number of ether oxygens (including phenoxy) is 1. The molecule has 0 saturated heterocycles. The average Bonchev–Trinajstić information content (AvgIpc) is 2.21. The minimum atomic E-state index is 0.586. The van der Waals surface area contributed by atoms with Gasteiger partial charge in [-0.2, -0.15) is 0 Å². The van der Waals surface area contributed by atoms with E-state index in [4.69, 9.17) is 4.74 Å². The molecule has 1 aromatic rings. The Morgan fingerprint density at radius 1 is 1.43 bits per heavy atom. The van der Waals surface area contributed by atoms with Crippen molar-refractivity contribution >= 4 is 0 Å². The monoisotopic (exact) mass is 194 g/mol. The quantitative estimate of drug-likeness (QED) is 0.700. The van der Waals surface area contributed by atoms with E-state index in [0.717, 1.165) is 25.2 Å². The summed E-state index contributed by atoms with van der Waals surface area (Å²) in [4.78, 5) is 4.28.